The Bertz CT molecular complexity index is 1020. The second kappa shape index (κ2) is 8.23. The maximum absolute atomic E-state index is 12.5. The molecule has 0 saturated heterocycles. The van der Waals surface area contributed by atoms with E-state index in [0.717, 1.165) is 28.3 Å². The third-order valence-corrected chi connectivity index (χ3v) is 4.71. The Balaban J connectivity index is 2.10. The van der Waals surface area contributed by atoms with E-state index >= 15 is 0 Å². The number of carbonyl (C=O) groups is 2. The number of halogens is 1. The smallest absolute Gasteiger partial charge is 0.335 e. The maximum Gasteiger partial charge on any atom is 0.335 e. The molecule has 3 aromatic rings. The van der Waals surface area contributed by atoms with Crippen LogP contribution in [0.1, 0.15) is 28.5 Å². The number of ether oxygens (including phenoxy) is 1. The van der Waals surface area contributed by atoms with Crippen molar-refractivity contribution in [2.24, 2.45) is 0 Å². The van der Waals surface area contributed by atoms with Crippen LogP contribution in [-0.2, 0) is 16.1 Å². The van der Waals surface area contributed by atoms with Crippen LogP contribution >= 0.6 is 11.6 Å². The van der Waals surface area contributed by atoms with Gasteiger partial charge in [0.25, 0.3) is 0 Å². The number of nitrogens with zero attached hydrogens (tertiary/aromatic N) is 1. The van der Waals surface area contributed by atoms with Crippen molar-refractivity contribution in [1.29, 1.82) is 0 Å². The zero-order chi connectivity index (χ0) is 19.4. The van der Waals surface area contributed by atoms with Crippen molar-refractivity contribution in [3.05, 3.63) is 75.9 Å². The molecule has 138 valence electrons. The molecule has 4 nitrogen and oxygen atoms in total. The van der Waals surface area contributed by atoms with Gasteiger partial charge in [-0.15, -0.1) is 0 Å². The summed E-state index contributed by atoms with van der Waals surface area (Å²) in [5.41, 5.74) is 3.66. The van der Waals surface area contributed by atoms with Crippen LogP contribution in [0.3, 0.4) is 0 Å². The first-order chi connectivity index (χ1) is 13.0. The number of esters is 1. The summed E-state index contributed by atoms with van der Waals surface area (Å²) in [7, 11) is 0. The second-order valence-corrected chi connectivity index (χ2v) is 6.61. The average molecular weight is 382 g/mol. The molecule has 0 N–H and O–H groups in total. The molecule has 0 fully saturated rings. The van der Waals surface area contributed by atoms with Gasteiger partial charge in [0.05, 0.1) is 24.4 Å². The monoisotopic (exact) mass is 381 g/mol. The quantitative estimate of drug-likeness (QED) is 0.340. The third-order valence-electron chi connectivity index (χ3n) is 4.46. The zero-order valence-corrected chi connectivity index (χ0v) is 16.0. The van der Waals surface area contributed by atoms with E-state index in [4.69, 9.17) is 16.3 Å². The van der Waals surface area contributed by atoms with Gasteiger partial charge in [0, 0.05) is 15.9 Å². The fourth-order valence-electron chi connectivity index (χ4n) is 3.14. The van der Waals surface area contributed by atoms with Crippen LogP contribution in [0.4, 0.5) is 0 Å². The number of carbonyl (C=O) groups excluding carboxylic acids is 2. The Morgan fingerprint density at radius 1 is 1.15 bits per heavy atom. The summed E-state index contributed by atoms with van der Waals surface area (Å²) >= 11 is 5.94. The maximum atomic E-state index is 12.5. The van der Waals surface area contributed by atoms with Gasteiger partial charge < -0.3 is 9.30 Å². The van der Waals surface area contributed by atoms with Gasteiger partial charge in [-0.1, -0.05) is 41.9 Å². The SMILES string of the molecule is CCOC(=O)/C(=C\c1ccc(Cl)cc1)Cn1c(C=O)c(C)c2ccccc21. The van der Waals surface area contributed by atoms with Crippen LogP contribution in [0.15, 0.2) is 54.1 Å². The molecule has 0 spiro atoms. The minimum atomic E-state index is -0.403. The fraction of sp³-hybridized carbons (Fsp3) is 0.182. The lowest BCUT2D eigenvalue weighted by atomic mass is 10.1. The molecular weight excluding hydrogens is 362 g/mol. The number of aryl methyl sites for hydroxylation is 1. The predicted molar refractivity (Wildman–Crippen MR) is 108 cm³/mol. The van der Waals surface area contributed by atoms with Crippen LogP contribution in [0.2, 0.25) is 5.02 Å². The number of para-hydroxylation sites is 1. The first kappa shape index (κ1) is 18.9. The molecule has 0 saturated carbocycles. The summed E-state index contributed by atoms with van der Waals surface area (Å²) in [6.45, 7) is 4.20. The summed E-state index contributed by atoms with van der Waals surface area (Å²) in [5, 5.41) is 1.62. The summed E-state index contributed by atoms with van der Waals surface area (Å²) in [6, 6.07) is 15.0. The van der Waals surface area contributed by atoms with E-state index in [2.05, 4.69) is 0 Å². The van der Waals surface area contributed by atoms with E-state index in [9.17, 15) is 9.59 Å². The number of aldehydes is 1. The molecule has 27 heavy (non-hydrogen) atoms. The highest BCUT2D eigenvalue weighted by Crippen LogP contribution is 2.26. The van der Waals surface area contributed by atoms with Gasteiger partial charge >= 0.3 is 5.97 Å². The van der Waals surface area contributed by atoms with Crippen LogP contribution < -0.4 is 0 Å². The lowest BCUT2D eigenvalue weighted by molar-refractivity contribution is -0.138. The highest BCUT2D eigenvalue weighted by atomic mass is 35.5. The van der Waals surface area contributed by atoms with Gasteiger partial charge in [-0.25, -0.2) is 4.79 Å². The van der Waals surface area contributed by atoms with Crippen molar-refractivity contribution in [3.8, 4) is 0 Å². The molecule has 0 atom stereocenters. The molecule has 2 aromatic carbocycles. The Morgan fingerprint density at radius 2 is 1.85 bits per heavy atom. The van der Waals surface area contributed by atoms with Gasteiger partial charge in [0.2, 0.25) is 0 Å². The second-order valence-electron chi connectivity index (χ2n) is 6.17. The Kier molecular flexibility index (Phi) is 5.77. The number of hydrogen-bond acceptors (Lipinski definition) is 3. The topological polar surface area (TPSA) is 48.3 Å². The summed E-state index contributed by atoms with van der Waals surface area (Å²) in [5.74, 6) is -0.403. The highest BCUT2D eigenvalue weighted by molar-refractivity contribution is 6.30. The molecule has 0 unspecified atom stereocenters. The van der Waals surface area contributed by atoms with Crippen molar-refractivity contribution in [1.82, 2.24) is 4.57 Å². The van der Waals surface area contributed by atoms with Gasteiger partial charge in [-0.05, 0) is 49.2 Å². The normalized spacial score (nSPS) is 11.6. The van der Waals surface area contributed by atoms with E-state index < -0.39 is 5.97 Å². The molecule has 0 aliphatic carbocycles. The number of aromatic nitrogens is 1. The number of rotatable bonds is 6. The molecule has 0 aliphatic heterocycles. The van der Waals surface area contributed by atoms with Crippen molar-refractivity contribution < 1.29 is 14.3 Å². The van der Waals surface area contributed by atoms with E-state index in [0.29, 0.717) is 16.3 Å². The average Bonchev–Trinajstić information content (AvgIpc) is 2.94. The molecule has 5 heteroatoms. The summed E-state index contributed by atoms with van der Waals surface area (Å²) in [6.07, 6.45) is 2.60. The van der Waals surface area contributed by atoms with Crippen molar-refractivity contribution in [2.75, 3.05) is 6.61 Å². The van der Waals surface area contributed by atoms with E-state index in [1.807, 2.05) is 47.9 Å². The Hall–Kier alpha value is -2.85. The molecule has 0 aliphatic rings. The Labute approximate surface area is 163 Å². The summed E-state index contributed by atoms with van der Waals surface area (Å²) in [4.78, 5) is 24.3. The predicted octanol–water partition coefficient (Wildman–Crippen LogP) is 5.06. The van der Waals surface area contributed by atoms with Gasteiger partial charge in [0.15, 0.2) is 6.29 Å². The molecule has 1 heterocycles. The van der Waals surface area contributed by atoms with Gasteiger partial charge in [-0.2, -0.15) is 0 Å². The van der Waals surface area contributed by atoms with Crippen molar-refractivity contribution in [3.63, 3.8) is 0 Å². The number of hydrogen-bond donors (Lipinski definition) is 0. The third kappa shape index (κ3) is 3.96. The van der Waals surface area contributed by atoms with Crippen LogP contribution in [0.25, 0.3) is 17.0 Å². The van der Waals surface area contributed by atoms with Crippen LogP contribution in [0.5, 0.6) is 0 Å². The minimum absolute atomic E-state index is 0.240. The van der Waals surface area contributed by atoms with Crippen molar-refractivity contribution >= 4 is 40.8 Å². The Morgan fingerprint density at radius 3 is 2.52 bits per heavy atom. The standard InChI is InChI=1S/C22H20ClNO3/c1-3-27-22(26)17(12-16-8-10-18(23)11-9-16)13-24-20-7-5-4-6-19(20)15(2)21(24)14-25/h4-12,14H,3,13H2,1-2H3/b17-12-. The lowest BCUT2D eigenvalue weighted by Gasteiger charge is -2.12. The molecule has 3 rings (SSSR count). The van der Waals surface area contributed by atoms with Gasteiger partial charge in [-0.3, -0.25) is 4.79 Å². The van der Waals surface area contributed by atoms with Gasteiger partial charge in [0.1, 0.15) is 0 Å². The van der Waals surface area contributed by atoms with E-state index in [-0.39, 0.29) is 13.2 Å². The van der Waals surface area contributed by atoms with Crippen molar-refractivity contribution in [2.45, 2.75) is 20.4 Å². The first-order valence-corrected chi connectivity index (χ1v) is 9.09. The zero-order valence-electron chi connectivity index (χ0n) is 15.2. The molecule has 1 aromatic heterocycles. The van der Waals surface area contributed by atoms with E-state index in [1.54, 1.807) is 25.1 Å². The summed E-state index contributed by atoms with van der Waals surface area (Å²) < 4.78 is 7.09. The van der Waals surface area contributed by atoms with Crippen LogP contribution in [-0.4, -0.2) is 23.4 Å². The lowest BCUT2D eigenvalue weighted by Crippen LogP contribution is -2.15. The molecule has 0 radical (unpaired) electrons. The molecular formula is C22H20ClNO3. The highest BCUT2D eigenvalue weighted by Gasteiger charge is 2.18. The first-order valence-electron chi connectivity index (χ1n) is 8.71. The molecule has 0 amide bonds. The van der Waals surface area contributed by atoms with E-state index in [1.165, 1.54) is 0 Å². The fourth-order valence-corrected chi connectivity index (χ4v) is 3.27. The largest absolute Gasteiger partial charge is 0.463 e. The number of benzene rings is 2. The van der Waals surface area contributed by atoms with Crippen LogP contribution in [0, 0.1) is 6.92 Å². The minimum Gasteiger partial charge on any atom is -0.463 e. The number of fused-ring (bicyclic) bond motifs is 1. The molecule has 0 bridgehead atoms.